The van der Waals surface area contributed by atoms with Crippen molar-refractivity contribution in [1.29, 1.82) is 0 Å². The number of carbonyl (C=O) groups excluding carboxylic acids is 1. The summed E-state index contributed by atoms with van der Waals surface area (Å²) in [5.74, 6) is -0.154. The molecule has 0 radical (unpaired) electrons. The number of aromatic amines is 1. The predicted molar refractivity (Wildman–Crippen MR) is 91.4 cm³/mol. The molecule has 0 fully saturated rings. The molecule has 24 heavy (non-hydrogen) atoms. The Kier molecular flexibility index (Phi) is 3.13. The van der Waals surface area contributed by atoms with Crippen molar-refractivity contribution < 1.29 is 9.72 Å². The summed E-state index contributed by atoms with van der Waals surface area (Å²) >= 11 is 0. The maximum Gasteiger partial charge on any atom is 0.269 e. The smallest absolute Gasteiger partial charge is 0.269 e. The second-order valence-corrected chi connectivity index (χ2v) is 5.51. The van der Waals surface area contributed by atoms with Crippen LogP contribution in [0.3, 0.4) is 0 Å². The summed E-state index contributed by atoms with van der Waals surface area (Å²) in [5, 5.41) is 12.7. The van der Waals surface area contributed by atoms with Gasteiger partial charge in [0.15, 0.2) is 5.78 Å². The van der Waals surface area contributed by atoms with E-state index in [9.17, 15) is 14.9 Å². The summed E-state index contributed by atoms with van der Waals surface area (Å²) in [6, 6.07) is 17.3. The van der Waals surface area contributed by atoms with Crippen LogP contribution in [0.5, 0.6) is 0 Å². The van der Waals surface area contributed by atoms with E-state index in [0.717, 1.165) is 22.0 Å². The van der Waals surface area contributed by atoms with Crippen molar-refractivity contribution in [3.8, 4) is 11.3 Å². The minimum atomic E-state index is -0.477. The third-order valence-electron chi connectivity index (χ3n) is 4.16. The van der Waals surface area contributed by atoms with E-state index in [2.05, 4.69) is 4.98 Å². The summed E-state index contributed by atoms with van der Waals surface area (Å²) in [6.07, 6.45) is 1.79. The van der Waals surface area contributed by atoms with Gasteiger partial charge in [-0.05, 0) is 29.0 Å². The van der Waals surface area contributed by atoms with E-state index < -0.39 is 4.92 Å². The number of nitro benzene ring substituents is 1. The molecule has 1 N–H and O–H groups in total. The van der Waals surface area contributed by atoms with Gasteiger partial charge >= 0.3 is 0 Å². The molecule has 2 aromatic carbocycles. The number of carbonyl (C=O) groups is 1. The van der Waals surface area contributed by atoms with Gasteiger partial charge in [0, 0.05) is 29.5 Å². The van der Waals surface area contributed by atoms with Gasteiger partial charge in [-0.25, -0.2) is 0 Å². The fraction of sp³-hybridized carbons (Fsp3) is 0. The molecular weight excluding hydrogens is 304 g/mol. The Morgan fingerprint density at radius 2 is 1.62 bits per heavy atom. The first kappa shape index (κ1) is 14.1. The third-order valence-corrected chi connectivity index (χ3v) is 4.16. The highest BCUT2D eigenvalue weighted by Gasteiger charge is 2.23. The predicted octanol–water partition coefficient (Wildman–Crippen LogP) is 4.41. The minimum absolute atomic E-state index is 0.0321. The molecule has 1 aliphatic heterocycles. The van der Waals surface area contributed by atoms with Crippen LogP contribution in [0, 0.1) is 10.1 Å². The van der Waals surface area contributed by atoms with Crippen LogP contribution in [-0.4, -0.2) is 15.7 Å². The number of hydrogen-bond donors (Lipinski definition) is 1. The molecule has 0 aromatic heterocycles. The van der Waals surface area contributed by atoms with E-state index in [1.165, 1.54) is 24.3 Å². The first-order chi connectivity index (χ1) is 11.7. The summed E-state index contributed by atoms with van der Waals surface area (Å²) in [4.78, 5) is 26.5. The number of pyridine rings is 1. The second-order valence-electron chi connectivity index (χ2n) is 5.51. The summed E-state index contributed by atoms with van der Waals surface area (Å²) in [7, 11) is 0. The highest BCUT2D eigenvalue weighted by Crippen LogP contribution is 2.38. The zero-order chi connectivity index (χ0) is 16.7. The maximum atomic E-state index is 13.0. The molecule has 0 bridgehead atoms. The van der Waals surface area contributed by atoms with Crippen molar-refractivity contribution in [2.24, 2.45) is 0 Å². The molecule has 116 valence electrons. The lowest BCUT2D eigenvalue weighted by atomic mass is 10.0. The first-order valence-electron chi connectivity index (χ1n) is 7.44. The van der Waals surface area contributed by atoms with Crippen LogP contribution in [0.4, 0.5) is 5.69 Å². The molecule has 0 saturated heterocycles. The number of aromatic nitrogens is 1. The SMILES string of the molecule is O=C(c1ccc([N+](=O)[O-])cc1)c1c2[nH]cccc-2c2ccccc12. The van der Waals surface area contributed by atoms with Crippen molar-refractivity contribution in [1.82, 2.24) is 4.98 Å². The van der Waals surface area contributed by atoms with Gasteiger partial charge in [0.25, 0.3) is 5.69 Å². The van der Waals surface area contributed by atoms with Crippen molar-refractivity contribution in [2.45, 2.75) is 0 Å². The van der Waals surface area contributed by atoms with Crippen molar-refractivity contribution >= 4 is 22.2 Å². The number of nitro groups is 1. The van der Waals surface area contributed by atoms with Gasteiger partial charge < -0.3 is 4.98 Å². The Morgan fingerprint density at radius 1 is 0.917 bits per heavy atom. The monoisotopic (exact) mass is 316 g/mol. The standard InChI is InChI=1S/C19H12N2O3/c22-19(12-7-9-13(10-8-12)21(23)24)17-15-5-2-1-4-14(15)16-6-3-11-20-18(16)17/h1-11,20H. The number of benzene rings is 2. The molecular formula is C19H12N2O3. The maximum absolute atomic E-state index is 13.0. The third kappa shape index (κ3) is 2.06. The molecule has 0 amide bonds. The van der Waals surface area contributed by atoms with Crippen molar-refractivity contribution in [2.75, 3.05) is 0 Å². The fourth-order valence-corrected chi connectivity index (χ4v) is 3.05. The molecule has 5 heteroatoms. The van der Waals surface area contributed by atoms with E-state index in [4.69, 9.17) is 0 Å². The van der Waals surface area contributed by atoms with Crippen LogP contribution < -0.4 is 0 Å². The molecule has 0 saturated carbocycles. The van der Waals surface area contributed by atoms with Crippen LogP contribution in [0.1, 0.15) is 15.9 Å². The second kappa shape index (κ2) is 5.31. The van der Waals surface area contributed by atoms with Crippen LogP contribution in [0.15, 0.2) is 66.9 Å². The lowest BCUT2D eigenvalue weighted by molar-refractivity contribution is -0.384. The van der Waals surface area contributed by atoms with E-state index >= 15 is 0 Å². The first-order valence-corrected chi connectivity index (χ1v) is 7.44. The Morgan fingerprint density at radius 3 is 2.33 bits per heavy atom. The molecule has 0 atom stereocenters. The highest BCUT2D eigenvalue weighted by atomic mass is 16.6. The highest BCUT2D eigenvalue weighted by molar-refractivity contribution is 6.24. The lowest BCUT2D eigenvalue weighted by Gasteiger charge is -2.04. The number of non-ortho nitro benzene ring substituents is 1. The number of fused-ring (bicyclic) bond motifs is 3. The Balaban J connectivity index is 1.91. The van der Waals surface area contributed by atoms with Gasteiger partial charge in [-0.1, -0.05) is 30.3 Å². The average Bonchev–Trinajstić information content (AvgIpc) is 2.96. The lowest BCUT2D eigenvalue weighted by Crippen LogP contribution is -2.03. The van der Waals surface area contributed by atoms with E-state index in [1.807, 2.05) is 36.4 Å². The summed E-state index contributed by atoms with van der Waals surface area (Å²) in [5.41, 5.74) is 2.75. The van der Waals surface area contributed by atoms with Gasteiger partial charge in [0.1, 0.15) is 0 Å². The topological polar surface area (TPSA) is 76.0 Å². The van der Waals surface area contributed by atoms with Crippen LogP contribution >= 0.6 is 0 Å². The number of ketones is 1. The molecule has 2 aliphatic rings. The van der Waals surface area contributed by atoms with Gasteiger partial charge in [-0.15, -0.1) is 0 Å². The molecule has 1 heterocycles. The molecule has 1 aliphatic carbocycles. The largest absolute Gasteiger partial charge is 0.361 e. The normalized spacial score (nSPS) is 11.0. The number of rotatable bonds is 3. The van der Waals surface area contributed by atoms with E-state index in [0.29, 0.717) is 11.1 Å². The molecule has 4 rings (SSSR count). The number of hydrogen-bond acceptors (Lipinski definition) is 3. The van der Waals surface area contributed by atoms with Crippen LogP contribution in [0.25, 0.3) is 22.0 Å². The van der Waals surface area contributed by atoms with Crippen molar-refractivity contribution in [3.63, 3.8) is 0 Å². The summed E-state index contributed by atoms with van der Waals surface area (Å²) < 4.78 is 0. The Labute approximate surface area is 137 Å². The zero-order valence-corrected chi connectivity index (χ0v) is 12.5. The fourth-order valence-electron chi connectivity index (χ4n) is 3.05. The van der Waals surface area contributed by atoms with Gasteiger partial charge in [0.05, 0.1) is 16.2 Å². The van der Waals surface area contributed by atoms with Crippen LogP contribution in [0.2, 0.25) is 0 Å². The van der Waals surface area contributed by atoms with Gasteiger partial charge in [0.2, 0.25) is 0 Å². The minimum Gasteiger partial charge on any atom is -0.361 e. The van der Waals surface area contributed by atoms with Crippen molar-refractivity contribution in [3.05, 3.63) is 88.1 Å². The van der Waals surface area contributed by atoms with Gasteiger partial charge in [-0.3, -0.25) is 14.9 Å². The van der Waals surface area contributed by atoms with Gasteiger partial charge in [-0.2, -0.15) is 0 Å². The molecule has 5 nitrogen and oxygen atoms in total. The number of nitrogens with one attached hydrogen (secondary N) is 1. The van der Waals surface area contributed by atoms with E-state index in [1.54, 1.807) is 6.20 Å². The van der Waals surface area contributed by atoms with E-state index in [-0.39, 0.29) is 11.5 Å². The molecule has 0 unspecified atom stereocenters. The zero-order valence-electron chi connectivity index (χ0n) is 12.5. The quantitative estimate of drug-likeness (QED) is 0.345. The average molecular weight is 316 g/mol. The number of nitrogens with zero attached hydrogens (tertiary/aromatic N) is 1. The summed E-state index contributed by atoms with van der Waals surface area (Å²) in [6.45, 7) is 0. The molecule has 0 spiro atoms. The Bertz CT molecular complexity index is 1050. The Hall–Kier alpha value is -3.47. The molecule has 2 aromatic rings. The van der Waals surface area contributed by atoms with Crippen LogP contribution in [-0.2, 0) is 0 Å². The number of H-pyrrole nitrogens is 1.